The monoisotopic (exact) mass is 377 g/mol. The lowest BCUT2D eigenvalue weighted by molar-refractivity contribution is 0.100. The van der Waals surface area contributed by atoms with Gasteiger partial charge in [0.15, 0.2) is 0 Å². The van der Waals surface area contributed by atoms with Crippen molar-refractivity contribution in [2.24, 2.45) is 5.73 Å². The van der Waals surface area contributed by atoms with Crippen molar-refractivity contribution in [3.8, 4) is 16.9 Å². The zero-order valence-corrected chi connectivity index (χ0v) is 15.7. The molecule has 0 spiro atoms. The molecule has 3 aromatic rings. The minimum absolute atomic E-state index is 0.179. The molecule has 0 aliphatic heterocycles. The van der Waals surface area contributed by atoms with Crippen LogP contribution in [0, 0.1) is 5.82 Å². The van der Waals surface area contributed by atoms with Crippen molar-refractivity contribution in [1.29, 1.82) is 0 Å². The molecule has 4 heteroatoms. The highest BCUT2D eigenvalue weighted by Gasteiger charge is 2.05. The van der Waals surface area contributed by atoms with E-state index in [-0.39, 0.29) is 5.82 Å². The molecule has 3 nitrogen and oxygen atoms in total. The molecule has 0 aliphatic rings. The maximum absolute atomic E-state index is 13.2. The molecule has 28 heavy (non-hydrogen) atoms. The Morgan fingerprint density at radius 3 is 2.39 bits per heavy atom. The predicted octanol–water partition coefficient (Wildman–Crippen LogP) is 5.38. The van der Waals surface area contributed by atoms with Crippen LogP contribution in [-0.2, 0) is 6.42 Å². The molecule has 0 radical (unpaired) electrons. The number of aryl methyl sites for hydroxylation is 1. The summed E-state index contributed by atoms with van der Waals surface area (Å²) in [6.07, 6.45) is 3.85. The number of rotatable bonds is 9. The molecular weight excluding hydrogens is 353 g/mol. The molecule has 0 aromatic heterocycles. The van der Waals surface area contributed by atoms with Crippen molar-refractivity contribution < 1.29 is 13.9 Å². The highest BCUT2D eigenvalue weighted by molar-refractivity contribution is 5.94. The molecular formula is C24H24FNO2. The summed E-state index contributed by atoms with van der Waals surface area (Å²) in [6, 6.07) is 21.8. The highest BCUT2D eigenvalue weighted by Crippen LogP contribution is 2.25. The number of ether oxygens (including phenoxy) is 1. The van der Waals surface area contributed by atoms with Crippen molar-refractivity contribution in [3.05, 3.63) is 89.7 Å². The smallest absolute Gasteiger partial charge is 0.248 e. The first kappa shape index (κ1) is 19.6. The fourth-order valence-corrected chi connectivity index (χ4v) is 3.11. The molecule has 0 saturated heterocycles. The van der Waals surface area contributed by atoms with Crippen molar-refractivity contribution >= 4 is 5.91 Å². The van der Waals surface area contributed by atoms with Gasteiger partial charge in [-0.05, 0) is 78.8 Å². The quantitative estimate of drug-likeness (QED) is 0.509. The highest BCUT2D eigenvalue weighted by atomic mass is 19.1. The first-order valence-corrected chi connectivity index (χ1v) is 9.49. The fraction of sp³-hybridized carbons (Fsp3) is 0.208. The van der Waals surface area contributed by atoms with Gasteiger partial charge in [-0.1, -0.05) is 36.4 Å². The molecule has 0 fully saturated rings. The molecule has 0 bridgehead atoms. The summed E-state index contributed by atoms with van der Waals surface area (Å²) in [5.41, 5.74) is 8.79. The number of unbranched alkanes of at least 4 members (excludes halogenated alkanes) is 2. The molecule has 3 aromatic carbocycles. The van der Waals surface area contributed by atoms with E-state index in [0.29, 0.717) is 12.2 Å². The maximum Gasteiger partial charge on any atom is 0.248 e. The van der Waals surface area contributed by atoms with Gasteiger partial charge in [0.2, 0.25) is 5.91 Å². The Hall–Kier alpha value is -3.14. The second kappa shape index (κ2) is 9.70. The van der Waals surface area contributed by atoms with E-state index in [1.165, 1.54) is 6.07 Å². The summed E-state index contributed by atoms with van der Waals surface area (Å²) >= 11 is 0. The number of carbonyl (C=O) groups is 1. The molecule has 1 amide bonds. The van der Waals surface area contributed by atoms with E-state index in [0.717, 1.165) is 48.1 Å². The Balaban J connectivity index is 1.47. The van der Waals surface area contributed by atoms with Gasteiger partial charge in [-0.2, -0.15) is 0 Å². The summed E-state index contributed by atoms with van der Waals surface area (Å²) in [6.45, 7) is 0.633. The van der Waals surface area contributed by atoms with E-state index in [2.05, 4.69) is 0 Å². The number of hydrogen-bond acceptors (Lipinski definition) is 2. The lowest BCUT2D eigenvalue weighted by Crippen LogP contribution is -2.10. The van der Waals surface area contributed by atoms with Gasteiger partial charge in [-0.15, -0.1) is 0 Å². The van der Waals surface area contributed by atoms with Crippen LogP contribution in [0.25, 0.3) is 11.1 Å². The summed E-state index contributed by atoms with van der Waals surface area (Å²) in [5, 5.41) is 0. The zero-order valence-electron chi connectivity index (χ0n) is 15.7. The zero-order chi connectivity index (χ0) is 19.8. The Morgan fingerprint density at radius 2 is 1.61 bits per heavy atom. The third-order valence-corrected chi connectivity index (χ3v) is 4.58. The van der Waals surface area contributed by atoms with E-state index in [9.17, 15) is 9.18 Å². The van der Waals surface area contributed by atoms with Gasteiger partial charge in [0, 0.05) is 5.56 Å². The van der Waals surface area contributed by atoms with Gasteiger partial charge in [0.1, 0.15) is 11.6 Å². The second-order valence-corrected chi connectivity index (χ2v) is 6.76. The number of primary amides is 1. The predicted molar refractivity (Wildman–Crippen MR) is 110 cm³/mol. The number of benzene rings is 3. The second-order valence-electron chi connectivity index (χ2n) is 6.76. The minimum Gasteiger partial charge on any atom is -0.494 e. The van der Waals surface area contributed by atoms with Crippen LogP contribution in [0.4, 0.5) is 4.39 Å². The van der Waals surface area contributed by atoms with Crippen LogP contribution >= 0.6 is 0 Å². The largest absolute Gasteiger partial charge is 0.494 e. The molecule has 0 aliphatic carbocycles. The molecule has 3 rings (SSSR count). The van der Waals surface area contributed by atoms with E-state index >= 15 is 0 Å². The van der Waals surface area contributed by atoms with Crippen molar-refractivity contribution in [1.82, 2.24) is 0 Å². The summed E-state index contributed by atoms with van der Waals surface area (Å²) in [7, 11) is 0. The average molecular weight is 377 g/mol. The van der Waals surface area contributed by atoms with Gasteiger partial charge >= 0.3 is 0 Å². The first-order valence-electron chi connectivity index (χ1n) is 9.49. The van der Waals surface area contributed by atoms with Crippen molar-refractivity contribution in [3.63, 3.8) is 0 Å². The van der Waals surface area contributed by atoms with Gasteiger partial charge < -0.3 is 10.5 Å². The van der Waals surface area contributed by atoms with E-state index in [1.54, 1.807) is 24.3 Å². The number of nitrogens with two attached hydrogens (primary N) is 1. The topological polar surface area (TPSA) is 52.3 Å². The molecule has 0 heterocycles. The average Bonchev–Trinajstić information content (AvgIpc) is 2.71. The lowest BCUT2D eigenvalue weighted by Gasteiger charge is -2.09. The van der Waals surface area contributed by atoms with Crippen LogP contribution in [0.1, 0.15) is 35.2 Å². The standard InChI is InChI=1S/C24H24FNO2/c25-22-12-4-8-18(15-22)7-2-1-3-14-28-23-13-6-10-20(17-23)19-9-5-11-21(16-19)24(26)27/h4-6,8-13,15-17H,1-3,7,14H2,(H2,26,27). The first-order chi connectivity index (χ1) is 13.6. The van der Waals surface area contributed by atoms with Crippen LogP contribution in [0.15, 0.2) is 72.8 Å². The molecule has 0 atom stereocenters. The Bertz CT molecular complexity index is 939. The molecule has 0 unspecified atom stereocenters. The third-order valence-electron chi connectivity index (χ3n) is 4.58. The third kappa shape index (κ3) is 5.68. The SMILES string of the molecule is NC(=O)c1cccc(-c2cccc(OCCCCCc3cccc(F)c3)c2)c1. The van der Waals surface area contributed by atoms with Crippen LogP contribution in [0.5, 0.6) is 5.75 Å². The number of carbonyl (C=O) groups excluding carboxylic acids is 1. The summed E-state index contributed by atoms with van der Waals surface area (Å²) < 4.78 is 19.0. The lowest BCUT2D eigenvalue weighted by atomic mass is 10.0. The molecule has 144 valence electrons. The normalized spacial score (nSPS) is 10.6. The van der Waals surface area contributed by atoms with Crippen LogP contribution in [0.2, 0.25) is 0 Å². The van der Waals surface area contributed by atoms with E-state index in [1.807, 2.05) is 42.5 Å². The van der Waals surface area contributed by atoms with Crippen molar-refractivity contribution in [2.45, 2.75) is 25.7 Å². The minimum atomic E-state index is -0.438. The Kier molecular flexibility index (Phi) is 6.79. The van der Waals surface area contributed by atoms with Crippen LogP contribution in [-0.4, -0.2) is 12.5 Å². The number of amides is 1. The fourth-order valence-electron chi connectivity index (χ4n) is 3.11. The summed E-state index contributed by atoms with van der Waals surface area (Å²) in [5.74, 6) is 0.182. The summed E-state index contributed by atoms with van der Waals surface area (Å²) in [4.78, 5) is 11.4. The van der Waals surface area contributed by atoms with Gasteiger partial charge in [0.25, 0.3) is 0 Å². The van der Waals surface area contributed by atoms with Gasteiger partial charge in [0.05, 0.1) is 6.61 Å². The van der Waals surface area contributed by atoms with Crippen molar-refractivity contribution in [2.75, 3.05) is 6.61 Å². The number of hydrogen-bond donors (Lipinski definition) is 1. The maximum atomic E-state index is 13.2. The van der Waals surface area contributed by atoms with E-state index in [4.69, 9.17) is 10.5 Å². The van der Waals surface area contributed by atoms with Crippen LogP contribution < -0.4 is 10.5 Å². The Labute approximate surface area is 165 Å². The van der Waals surface area contributed by atoms with Gasteiger partial charge in [-0.3, -0.25) is 4.79 Å². The van der Waals surface area contributed by atoms with Gasteiger partial charge in [-0.25, -0.2) is 4.39 Å². The Morgan fingerprint density at radius 1 is 0.857 bits per heavy atom. The molecule has 0 saturated carbocycles. The molecule has 2 N–H and O–H groups in total. The van der Waals surface area contributed by atoms with E-state index < -0.39 is 5.91 Å². The van der Waals surface area contributed by atoms with Crippen LogP contribution in [0.3, 0.4) is 0 Å². The number of halogens is 1.